The van der Waals surface area contributed by atoms with Crippen molar-refractivity contribution >= 4 is 5.78 Å². The minimum Gasteiger partial charge on any atom is -0.299 e. The zero-order chi connectivity index (χ0) is 9.42. The summed E-state index contributed by atoms with van der Waals surface area (Å²) in [7, 11) is 0. The first-order valence-corrected chi connectivity index (χ1v) is 4.79. The van der Waals surface area contributed by atoms with Gasteiger partial charge in [-0.15, -0.1) is 0 Å². The van der Waals surface area contributed by atoms with Gasteiger partial charge >= 0.3 is 0 Å². The fraction of sp³-hybridized carbons (Fsp3) is 0.417. The summed E-state index contributed by atoms with van der Waals surface area (Å²) in [5.74, 6) is 1.01. The molecule has 0 radical (unpaired) electrons. The van der Waals surface area contributed by atoms with Gasteiger partial charge in [0.05, 0.1) is 0 Å². The number of carbonyl (C=O) groups is 1. The average Bonchev–Trinajstić information content (AvgIpc) is 2.45. The van der Waals surface area contributed by atoms with Gasteiger partial charge in [0, 0.05) is 5.92 Å². The second kappa shape index (κ2) is 2.99. The van der Waals surface area contributed by atoms with Gasteiger partial charge in [-0.3, -0.25) is 4.79 Å². The van der Waals surface area contributed by atoms with Gasteiger partial charge in [-0.1, -0.05) is 31.2 Å². The molecule has 13 heavy (non-hydrogen) atoms. The molecule has 0 saturated heterocycles. The molecule has 1 aromatic rings. The van der Waals surface area contributed by atoms with Gasteiger partial charge in [0.15, 0.2) is 0 Å². The highest BCUT2D eigenvalue weighted by molar-refractivity contribution is 5.84. The second-order valence-corrected chi connectivity index (χ2v) is 3.93. The molecule has 0 heterocycles. The summed E-state index contributed by atoms with van der Waals surface area (Å²) in [6, 6.07) is 8.30. The Balaban J connectivity index is 2.47. The average molecular weight is 174 g/mol. The maximum absolute atomic E-state index is 11.4. The maximum Gasteiger partial charge on any atom is 0.137 e. The lowest BCUT2D eigenvalue weighted by Gasteiger charge is -2.05. The molecule has 0 aromatic heterocycles. The van der Waals surface area contributed by atoms with Crippen LogP contribution >= 0.6 is 0 Å². The molecule has 0 N–H and O–H groups in total. The highest BCUT2D eigenvalue weighted by atomic mass is 16.1. The van der Waals surface area contributed by atoms with E-state index >= 15 is 0 Å². The Morgan fingerprint density at radius 1 is 1.31 bits per heavy atom. The topological polar surface area (TPSA) is 17.1 Å². The van der Waals surface area contributed by atoms with Crippen molar-refractivity contribution in [2.24, 2.45) is 0 Å². The van der Waals surface area contributed by atoms with Crippen LogP contribution in [0, 0.1) is 0 Å². The van der Waals surface area contributed by atoms with E-state index in [1.807, 2.05) is 6.07 Å². The third-order valence-electron chi connectivity index (χ3n) is 2.98. The van der Waals surface area contributed by atoms with Gasteiger partial charge in [0.1, 0.15) is 5.78 Å². The quantitative estimate of drug-likeness (QED) is 0.639. The Bertz CT molecular complexity index is 341. The smallest absolute Gasteiger partial charge is 0.137 e. The molecule has 0 spiro atoms. The van der Waals surface area contributed by atoms with Gasteiger partial charge in [-0.25, -0.2) is 0 Å². The lowest BCUT2D eigenvalue weighted by molar-refractivity contribution is -0.118. The molecule has 0 amide bonds. The molecule has 0 bridgehead atoms. The van der Waals surface area contributed by atoms with Crippen LogP contribution in [-0.2, 0) is 4.79 Å². The highest BCUT2D eigenvalue weighted by Crippen LogP contribution is 2.41. The molecule has 1 nitrogen and oxygen atoms in total. The van der Waals surface area contributed by atoms with Crippen LogP contribution in [0.1, 0.15) is 43.2 Å². The van der Waals surface area contributed by atoms with E-state index in [9.17, 15) is 4.79 Å². The number of rotatable bonds is 1. The predicted octanol–water partition coefficient (Wildman–Crippen LogP) is 2.87. The van der Waals surface area contributed by atoms with E-state index in [-0.39, 0.29) is 5.92 Å². The van der Waals surface area contributed by atoms with Crippen molar-refractivity contribution in [2.75, 3.05) is 0 Å². The summed E-state index contributed by atoms with van der Waals surface area (Å²) in [5.41, 5.74) is 2.62. The van der Waals surface area contributed by atoms with Crippen molar-refractivity contribution in [1.82, 2.24) is 0 Å². The van der Waals surface area contributed by atoms with E-state index in [1.165, 1.54) is 11.1 Å². The molecule has 1 aliphatic rings. The Hall–Kier alpha value is -1.11. The Kier molecular flexibility index (Phi) is 1.95. The standard InChI is InChI=1S/C12H14O/c1-8-7-12(9(2)13)11-6-4-3-5-10(8)11/h3-6,8,12H,7H2,1-2H3/t8-,12+/m0/s1. The minimum atomic E-state index is 0.159. The fourth-order valence-corrected chi connectivity index (χ4v) is 2.27. The first-order chi connectivity index (χ1) is 6.20. The summed E-state index contributed by atoms with van der Waals surface area (Å²) >= 11 is 0. The molecular weight excluding hydrogens is 160 g/mol. The van der Waals surface area contributed by atoms with E-state index in [2.05, 4.69) is 25.1 Å². The normalized spacial score (nSPS) is 25.7. The number of fused-ring (bicyclic) bond motifs is 1. The van der Waals surface area contributed by atoms with Crippen LogP contribution < -0.4 is 0 Å². The number of carbonyl (C=O) groups excluding carboxylic acids is 1. The Labute approximate surface area is 78.8 Å². The van der Waals surface area contributed by atoms with Crippen LogP contribution in [0.25, 0.3) is 0 Å². The van der Waals surface area contributed by atoms with Crippen LogP contribution in [0.15, 0.2) is 24.3 Å². The van der Waals surface area contributed by atoms with Gasteiger partial charge < -0.3 is 0 Å². The number of hydrogen-bond donors (Lipinski definition) is 0. The third-order valence-corrected chi connectivity index (χ3v) is 2.98. The fourth-order valence-electron chi connectivity index (χ4n) is 2.27. The van der Waals surface area contributed by atoms with Crippen molar-refractivity contribution in [2.45, 2.75) is 32.1 Å². The molecule has 68 valence electrons. The lowest BCUT2D eigenvalue weighted by Crippen LogP contribution is -2.04. The molecule has 1 heteroatoms. The molecule has 0 saturated carbocycles. The highest BCUT2D eigenvalue weighted by Gasteiger charge is 2.30. The van der Waals surface area contributed by atoms with E-state index < -0.39 is 0 Å². The summed E-state index contributed by atoms with van der Waals surface area (Å²) in [6.07, 6.45) is 0.995. The first kappa shape index (κ1) is 8.49. The van der Waals surface area contributed by atoms with Crippen molar-refractivity contribution in [3.63, 3.8) is 0 Å². The van der Waals surface area contributed by atoms with Crippen LogP contribution in [0.4, 0.5) is 0 Å². The first-order valence-electron chi connectivity index (χ1n) is 4.79. The molecule has 2 rings (SSSR count). The Morgan fingerprint density at radius 3 is 2.54 bits per heavy atom. The van der Waals surface area contributed by atoms with Crippen LogP contribution in [0.3, 0.4) is 0 Å². The van der Waals surface area contributed by atoms with E-state index in [0.29, 0.717) is 11.7 Å². The lowest BCUT2D eigenvalue weighted by atomic mass is 9.98. The summed E-state index contributed by atoms with van der Waals surface area (Å²) in [5, 5.41) is 0. The molecular formula is C12H14O. The largest absolute Gasteiger partial charge is 0.299 e. The van der Waals surface area contributed by atoms with Gasteiger partial charge in [-0.2, -0.15) is 0 Å². The number of Topliss-reactive ketones (excluding diaryl/α,β-unsaturated/α-hetero) is 1. The molecule has 0 unspecified atom stereocenters. The molecule has 0 aliphatic heterocycles. The number of hydrogen-bond acceptors (Lipinski definition) is 1. The van der Waals surface area contributed by atoms with Crippen LogP contribution in [0.5, 0.6) is 0 Å². The van der Waals surface area contributed by atoms with E-state index in [0.717, 1.165) is 6.42 Å². The third kappa shape index (κ3) is 1.28. The predicted molar refractivity (Wildman–Crippen MR) is 52.9 cm³/mol. The van der Waals surface area contributed by atoms with Gasteiger partial charge in [-0.05, 0) is 30.4 Å². The zero-order valence-corrected chi connectivity index (χ0v) is 8.08. The number of ketones is 1. The SMILES string of the molecule is CC(=O)[C@H]1C[C@H](C)c2ccccc21. The van der Waals surface area contributed by atoms with Crippen LogP contribution in [0.2, 0.25) is 0 Å². The van der Waals surface area contributed by atoms with Crippen molar-refractivity contribution in [3.8, 4) is 0 Å². The minimum absolute atomic E-state index is 0.159. The second-order valence-electron chi connectivity index (χ2n) is 3.93. The van der Waals surface area contributed by atoms with Gasteiger partial charge in [0.2, 0.25) is 0 Å². The van der Waals surface area contributed by atoms with Crippen molar-refractivity contribution < 1.29 is 4.79 Å². The Morgan fingerprint density at radius 2 is 1.92 bits per heavy atom. The molecule has 1 aromatic carbocycles. The number of benzene rings is 1. The molecule has 2 atom stereocenters. The maximum atomic E-state index is 11.4. The zero-order valence-electron chi connectivity index (χ0n) is 8.08. The summed E-state index contributed by atoms with van der Waals surface area (Å²) in [6.45, 7) is 3.89. The van der Waals surface area contributed by atoms with Crippen LogP contribution in [-0.4, -0.2) is 5.78 Å². The van der Waals surface area contributed by atoms with Gasteiger partial charge in [0.25, 0.3) is 0 Å². The van der Waals surface area contributed by atoms with Crippen molar-refractivity contribution in [3.05, 3.63) is 35.4 Å². The van der Waals surface area contributed by atoms with Crippen molar-refractivity contribution in [1.29, 1.82) is 0 Å². The molecule has 0 fully saturated rings. The van der Waals surface area contributed by atoms with E-state index in [4.69, 9.17) is 0 Å². The summed E-state index contributed by atoms with van der Waals surface area (Å²) < 4.78 is 0. The summed E-state index contributed by atoms with van der Waals surface area (Å²) in [4.78, 5) is 11.4. The molecule has 1 aliphatic carbocycles. The monoisotopic (exact) mass is 174 g/mol. The van der Waals surface area contributed by atoms with E-state index in [1.54, 1.807) is 6.92 Å².